The third kappa shape index (κ3) is 3.22. The second kappa shape index (κ2) is 7.64. The van der Waals surface area contributed by atoms with Crippen molar-refractivity contribution in [3.63, 3.8) is 0 Å². The summed E-state index contributed by atoms with van der Waals surface area (Å²) in [5.74, 6) is -1.80. The summed E-state index contributed by atoms with van der Waals surface area (Å²) in [7, 11) is 0. The van der Waals surface area contributed by atoms with Gasteiger partial charge in [0, 0.05) is 0 Å². The Kier molecular flexibility index (Phi) is 4.86. The second-order valence-electron chi connectivity index (χ2n) is 6.82. The summed E-state index contributed by atoms with van der Waals surface area (Å²) in [4.78, 5) is 39.7. The lowest BCUT2D eigenvalue weighted by molar-refractivity contribution is -0.143. The first-order valence-electron chi connectivity index (χ1n) is 9.26. The van der Waals surface area contributed by atoms with Crippen molar-refractivity contribution in [1.82, 2.24) is 19.6 Å². The van der Waals surface area contributed by atoms with Gasteiger partial charge in [-0.2, -0.15) is 10.4 Å². The standard InChI is InChI=1S/C22H17N5O3/c1-15-18(12-23)19(27(24-15)17-10-6-3-7-11-17)14-26-21(29)20(28)25(22(26)30)13-16-8-4-2-5-9-16/h2-11H,13-14H2,1H3. The lowest BCUT2D eigenvalue weighted by Crippen LogP contribution is -2.33. The van der Waals surface area contributed by atoms with E-state index in [4.69, 9.17) is 0 Å². The summed E-state index contributed by atoms with van der Waals surface area (Å²) in [5.41, 5.74) is 2.54. The van der Waals surface area contributed by atoms with Gasteiger partial charge in [0.05, 0.1) is 35.7 Å². The molecule has 3 aromatic rings. The maximum Gasteiger partial charge on any atom is 0.334 e. The van der Waals surface area contributed by atoms with Crippen LogP contribution < -0.4 is 0 Å². The van der Waals surface area contributed by atoms with E-state index in [9.17, 15) is 19.6 Å². The maximum absolute atomic E-state index is 12.9. The number of carbonyl (C=O) groups excluding carboxylic acids is 3. The van der Waals surface area contributed by atoms with Crippen molar-refractivity contribution in [3.8, 4) is 11.8 Å². The van der Waals surface area contributed by atoms with Crippen molar-refractivity contribution in [2.24, 2.45) is 0 Å². The molecule has 0 atom stereocenters. The van der Waals surface area contributed by atoms with Crippen molar-refractivity contribution < 1.29 is 14.4 Å². The first-order valence-corrected chi connectivity index (χ1v) is 9.26. The van der Waals surface area contributed by atoms with E-state index in [0.29, 0.717) is 17.1 Å². The van der Waals surface area contributed by atoms with Gasteiger partial charge in [-0.1, -0.05) is 48.5 Å². The van der Waals surface area contributed by atoms with E-state index in [1.165, 1.54) is 4.68 Å². The molecule has 30 heavy (non-hydrogen) atoms. The van der Waals surface area contributed by atoms with Crippen molar-refractivity contribution in [2.45, 2.75) is 20.0 Å². The van der Waals surface area contributed by atoms with Crippen LogP contribution in [0.25, 0.3) is 5.69 Å². The number of urea groups is 1. The molecule has 0 radical (unpaired) electrons. The molecule has 148 valence electrons. The van der Waals surface area contributed by atoms with Crippen LogP contribution in [-0.2, 0) is 22.7 Å². The van der Waals surface area contributed by atoms with Gasteiger partial charge in [0.15, 0.2) is 0 Å². The average Bonchev–Trinajstić information content (AvgIpc) is 3.19. The molecule has 0 saturated carbocycles. The van der Waals surface area contributed by atoms with Crippen LogP contribution in [0.15, 0.2) is 60.7 Å². The van der Waals surface area contributed by atoms with E-state index in [2.05, 4.69) is 11.2 Å². The lowest BCUT2D eigenvalue weighted by atomic mass is 10.2. The van der Waals surface area contributed by atoms with Crippen LogP contribution in [0.3, 0.4) is 0 Å². The number of carbonyl (C=O) groups is 3. The summed E-state index contributed by atoms with van der Waals surface area (Å²) in [6.45, 7) is 1.46. The molecular formula is C22H17N5O3. The van der Waals surface area contributed by atoms with E-state index < -0.39 is 17.8 Å². The number of nitrogens with zero attached hydrogens (tertiary/aromatic N) is 5. The largest absolute Gasteiger partial charge is 0.334 e. The van der Waals surface area contributed by atoms with Crippen molar-refractivity contribution in [2.75, 3.05) is 0 Å². The average molecular weight is 399 g/mol. The third-order valence-electron chi connectivity index (χ3n) is 4.90. The van der Waals surface area contributed by atoms with Crippen molar-refractivity contribution >= 4 is 17.8 Å². The minimum absolute atomic E-state index is 0.00281. The van der Waals surface area contributed by atoms with Gasteiger partial charge >= 0.3 is 17.8 Å². The molecule has 4 rings (SSSR count). The highest BCUT2D eigenvalue weighted by Crippen LogP contribution is 2.23. The Morgan fingerprint density at radius 1 is 0.867 bits per heavy atom. The minimum Gasteiger partial charge on any atom is -0.263 e. The van der Waals surface area contributed by atoms with E-state index in [1.54, 1.807) is 43.3 Å². The number of nitriles is 1. The number of imide groups is 2. The second-order valence-corrected chi connectivity index (χ2v) is 6.82. The Bertz CT molecular complexity index is 1180. The van der Waals surface area contributed by atoms with Gasteiger partial charge in [0.1, 0.15) is 6.07 Å². The SMILES string of the molecule is Cc1nn(-c2ccccc2)c(CN2C(=O)C(=O)N(Cc3ccccc3)C2=O)c1C#N. The molecule has 2 heterocycles. The fourth-order valence-corrected chi connectivity index (χ4v) is 3.39. The fourth-order valence-electron chi connectivity index (χ4n) is 3.39. The first-order chi connectivity index (χ1) is 14.5. The van der Waals surface area contributed by atoms with Crippen LogP contribution >= 0.6 is 0 Å². The highest BCUT2D eigenvalue weighted by Gasteiger charge is 2.45. The quantitative estimate of drug-likeness (QED) is 0.485. The summed E-state index contributed by atoms with van der Waals surface area (Å²) in [6, 6.07) is 19.4. The molecule has 4 amide bonds. The Balaban J connectivity index is 1.68. The van der Waals surface area contributed by atoms with Gasteiger partial charge in [-0.15, -0.1) is 0 Å². The Labute approximate surface area is 172 Å². The molecule has 8 nitrogen and oxygen atoms in total. The molecular weight excluding hydrogens is 382 g/mol. The van der Waals surface area contributed by atoms with Gasteiger partial charge in [0.25, 0.3) is 0 Å². The zero-order valence-corrected chi connectivity index (χ0v) is 16.1. The summed E-state index contributed by atoms with van der Waals surface area (Å²) < 4.78 is 1.53. The molecule has 0 unspecified atom stereocenters. The predicted molar refractivity (Wildman–Crippen MR) is 106 cm³/mol. The van der Waals surface area contributed by atoms with Crippen LogP contribution in [0.2, 0.25) is 0 Å². The van der Waals surface area contributed by atoms with Gasteiger partial charge in [0.2, 0.25) is 0 Å². The normalized spacial score (nSPS) is 13.8. The minimum atomic E-state index is -0.918. The number of amides is 4. The fraction of sp³-hybridized carbons (Fsp3) is 0.136. The van der Waals surface area contributed by atoms with E-state index >= 15 is 0 Å². The zero-order valence-electron chi connectivity index (χ0n) is 16.1. The third-order valence-corrected chi connectivity index (χ3v) is 4.90. The number of rotatable bonds is 5. The van der Waals surface area contributed by atoms with Gasteiger partial charge in [-0.05, 0) is 24.6 Å². The molecule has 1 saturated heterocycles. The number of hydrogen-bond donors (Lipinski definition) is 0. The molecule has 1 aliphatic rings. The number of hydrogen-bond acceptors (Lipinski definition) is 5. The highest BCUT2D eigenvalue weighted by atomic mass is 16.2. The predicted octanol–water partition coefficient (Wildman–Crippen LogP) is 2.54. The van der Waals surface area contributed by atoms with Crippen LogP contribution in [0, 0.1) is 18.3 Å². The topological polar surface area (TPSA) is 99.3 Å². The Hall–Kier alpha value is -4.25. The molecule has 0 bridgehead atoms. The number of aryl methyl sites for hydroxylation is 1. The van der Waals surface area contributed by atoms with Crippen molar-refractivity contribution in [3.05, 3.63) is 83.2 Å². The monoisotopic (exact) mass is 399 g/mol. The van der Waals surface area contributed by atoms with Crippen LogP contribution in [0.4, 0.5) is 4.79 Å². The molecule has 8 heteroatoms. The molecule has 1 fully saturated rings. The van der Waals surface area contributed by atoms with Crippen LogP contribution in [-0.4, -0.2) is 37.4 Å². The number of para-hydroxylation sites is 1. The van der Waals surface area contributed by atoms with Gasteiger partial charge in [-0.3, -0.25) is 14.5 Å². The van der Waals surface area contributed by atoms with Crippen molar-refractivity contribution in [1.29, 1.82) is 5.26 Å². The number of aromatic nitrogens is 2. The molecule has 0 aliphatic carbocycles. The molecule has 0 spiro atoms. The molecule has 0 N–H and O–H groups in total. The smallest absolute Gasteiger partial charge is 0.263 e. The number of benzene rings is 2. The first kappa shape index (κ1) is 19.1. The summed E-state index contributed by atoms with van der Waals surface area (Å²) >= 11 is 0. The molecule has 1 aliphatic heterocycles. The van der Waals surface area contributed by atoms with E-state index in [-0.39, 0.29) is 18.7 Å². The zero-order chi connectivity index (χ0) is 21.3. The van der Waals surface area contributed by atoms with Crippen LogP contribution in [0.5, 0.6) is 0 Å². The van der Waals surface area contributed by atoms with Gasteiger partial charge < -0.3 is 0 Å². The van der Waals surface area contributed by atoms with Gasteiger partial charge in [-0.25, -0.2) is 14.4 Å². The van der Waals surface area contributed by atoms with E-state index in [1.807, 2.05) is 24.3 Å². The molecule has 1 aromatic heterocycles. The summed E-state index contributed by atoms with van der Waals surface area (Å²) in [6.07, 6.45) is 0. The Morgan fingerprint density at radius 3 is 2.03 bits per heavy atom. The van der Waals surface area contributed by atoms with Crippen LogP contribution in [0.1, 0.15) is 22.5 Å². The lowest BCUT2D eigenvalue weighted by Gasteiger charge is -2.16. The maximum atomic E-state index is 12.9. The molecule has 2 aromatic carbocycles. The Morgan fingerprint density at radius 2 is 1.43 bits per heavy atom. The van der Waals surface area contributed by atoms with E-state index in [0.717, 1.165) is 15.4 Å². The summed E-state index contributed by atoms with van der Waals surface area (Å²) in [5, 5.41) is 14.0. The highest BCUT2D eigenvalue weighted by molar-refractivity contribution is 6.44.